The zero-order valence-electron chi connectivity index (χ0n) is 12.3. The minimum absolute atomic E-state index is 0.421. The van der Waals surface area contributed by atoms with E-state index in [0.717, 1.165) is 44.2 Å². The first-order valence-corrected chi connectivity index (χ1v) is 7.53. The van der Waals surface area contributed by atoms with Crippen molar-refractivity contribution in [2.45, 2.75) is 44.9 Å². The lowest BCUT2D eigenvalue weighted by Crippen LogP contribution is -2.02. The van der Waals surface area contributed by atoms with E-state index >= 15 is 0 Å². The highest BCUT2D eigenvalue weighted by Crippen LogP contribution is 2.14. The molecule has 21 heavy (non-hydrogen) atoms. The van der Waals surface area contributed by atoms with Crippen LogP contribution in [0.4, 0.5) is 5.69 Å². The van der Waals surface area contributed by atoms with Crippen LogP contribution in [0.1, 0.15) is 65.7 Å². The Morgan fingerprint density at radius 3 is 2.14 bits per heavy atom. The minimum atomic E-state index is 0.421. The molecule has 1 rings (SSSR count). The smallest absolute Gasteiger partial charge is 0.150 e. The molecule has 1 N–H and O–H groups in total. The first kappa shape index (κ1) is 17.1. The molecule has 0 bridgehead atoms. The number of hydrogen-bond donors (Lipinski definition) is 1. The third-order valence-electron chi connectivity index (χ3n) is 3.42. The lowest BCUT2D eigenvalue weighted by Gasteiger charge is -2.07. The van der Waals surface area contributed by atoms with Crippen LogP contribution in [0.5, 0.6) is 0 Å². The van der Waals surface area contributed by atoms with Crippen molar-refractivity contribution >= 4 is 24.5 Å². The number of anilines is 1. The summed E-state index contributed by atoms with van der Waals surface area (Å²) >= 11 is 0. The van der Waals surface area contributed by atoms with Gasteiger partial charge in [-0.3, -0.25) is 9.59 Å². The lowest BCUT2D eigenvalue weighted by molar-refractivity contribution is -0.107. The fourth-order valence-corrected chi connectivity index (χ4v) is 2.19. The number of hydrogen-bond acceptors (Lipinski definition) is 4. The summed E-state index contributed by atoms with van der Waals surface area (Å²) in [6.07, 6.45) is 9.76. The molecule has 1 aromatic rings. The van der Waals surface area contributed by atoms with Crippen molar-refractivity contribution in [2.75, 3.05) is 11.9 Å². The highest BCUT2D eigenvalue weighted by molar-refractivity contribution is 5.91. The van der Waals surface area contributed by atoms with Gasteiger partial charge in [0, 0.05) is 29.8 Å². The summed E-state index contributed by atoms with van der Waals surface area (Å²) in [5, 5.41) is 3.26. The number of carbonyl (C=O) groups is 3. The maximum atomic E-state index is 10.9. The second-order valence-electron chi connectivity index (χ2n) is 5.08. The Kier molecular flexibility index (Phi) is 8.76. The van der Waals surface area contributed by atoms with Gasteiger partial charge < -0.3 is 10.1 Å². The lowest BCUT2D eigenvalue weighted by atomic mass is 10.1. The van der Waals surface area contributed by atoms with Gasteiger partial charge in [-0.1, -0.05) is 25.7 Å². The highest BCUT2D eigenvalue weighted by Gasteiger charge is 2.01. The van der Waals surface area contributed by atoms with Gasteiger partial charge in [-0.15, -0.1) is 0 Å². The monoisotopic (exact) mass is 289 g/mol. The Morgan fingerprint density at radius 1 is 0.810 bits per heavy atom. The number of rotatable bonds is 12. The normalized spacial score (nSPS) is 10.1. The van der Waals surface area contributed by atoms with Crippen LogP contribution in [-0.4, -0.2) is 25.4 Å². The number of carbonyl (C=O) groups excluding carboxylic acids is 3. The second kappa shape index (κ2) is 10.8. The van der Waals surface area contributed by atoms with Crippen LogP contribution in [0.3, 0.4) is 0 Å². The Labute approximate surface area is 125 Å². The molecule has 0 saturated heterocycles. The van der Waals surface area contributed by atoms with Crippen LogP contribution in [0.2, 0.25) is 0 Å². The van der Waals surface area contributed by atoms with Crippen molar-refractivity contribution in [3.05, 3.63) is 29.3 Å². The SMILES string of the molecule is O=CCCCCCCCCNc1ccc(C=O)c(C=O)c1. The maximum absolute atomic E-state index is 10.9. The Hall–Kier alpha value is -1.97. The van der Waals surface area contributed by atoms with Gasteiger partial charge in [-0.05, 0) is 31.0 Å². The topological polar surface area (TPSA) is 63.2 Å². The summed E-state index contributed by atoms with van der Waals surface area (Å²) in [5.74, 6) is 0. The number of nitrogens with one attached hydrogen (secondary N) is 1. The number of unbranched alkanes of at least 4 members (excludes halogenated alkanes) is 6. The Balaban J connectivity index is 2.16. The van der Waals surface area contributed by atoms with Crippen LogP contribution in [0, 0.1) is 0 Å². The summed E-state index contributed by atoms with van der Waals surface area (Å²) in [4.78, 5) is 31.7. The zero-order chi connectivity index (χ0) is 15.3. The molecule has 1 aromatic carbocycles. The van der Waals surface area contributed by atoms with Gasteiger partial charge in [-0.2, -0.15) is 0 Å². The van der Waals surface area contributed by atoms with Crippen molar-refractivity contribution in [1.82, 2.24) is 0 Å². The van der Waals surface area contributed by atoms with Gasteiger partial charge in [-0.25, -0.2) is 0 Å². The molecule has 0 aliphatic heterocycles. The number of aldehydes is 3. The number of benzene rings is 1. The molecule has 0 spiro atoms. The first-order chi connectivity index (χ1) is 10.3. The van der Waals surface area contributed by atoms with Crippen molar-refractivity contribution in [3.8, 4) is 0 Å². The van der Waals surface area contributed by atoms with Crippen molar-refractivity contribution in [2.24, 2.45) is 0 Å². The Morgan fingerprint density at radius 2 is 1.48 bits per heavy atom. The standard InChI is InChI=1S/C17H23NO3/c19-11-7-5-3-1-2-4-6-10-18-17-9-8-15(13-20)16(12-17)14-21/h8-9,11-14,18H,1-7,10H2. The van der Waals surface area contributed by atoms with Gasteiger partial charge in [0.2, 0.25) is 0 Å². The molecule has 0 heterocycles. The molecule has 0 amide bonds. The van der Waals surface area contributed by atoms with E-state index in [1.54, 1.807) is 12.1 Å². The van der Waals surface area contributed by atoms with Crippen LogP contribution < -0.4 is 5.32 Å². The summed E-state index contributed by atoms with van der Waals surface area (Å²) in [7, 11) is 0. The molecular formula is C17H23NO3. The third-order valence-corrected chi connectivity index (χ3v) is 3.42. The molecular weight excluding hydrogens is 266 g/mol. The molecule has 0 saturated carbocycles. The van der Waals surface area contributed by atoms with Gasteiger partial charge >= 0.3 is 0 Å². The summed E-state index contributed by atoms with van der Waals surface area (Å²) in [6, 6.07) is 5.18. The fraction of sp³-hybridized carbons (Fsp3) is 0.471. The summed E-state index contributed by atoms with van der Waals surface area (Å²) in [5.41, 5.74) is 1.71. The van der Waals surface area contributed by atoms with Gasteiger partial charge in [0.15, 0.2) is 12.6 Å². The maximum Gasteiger partial charge on any atom is 0.150 e. The largest absolute Gasteiger partial charge is 0.385 e. The van der Waals surface area contributed by atoms with Gasteiger partial charge in [0.1, 0.15) is 6.29 Å². The highest BCUT2D eigenvalue weighted by atomic mass is 16.1. The van der Waals surface area contributed by atoms with E-state index in [-0.39, 0.29) is 0 Å². The zero-order valence-corrected chi connectivity index (χ0v) is 12.3. The van der Waals surface area contributed by atoms with Crippen molar-refractivity contribution in [3.63, 3.8) is 0 Å². The summed E-state index contributed by atoms with van der Waals surface area (Å²) < 4.78 is 0. The Bertz CT molecular complexity index is 457. The van der Waals surface area contributed by atoms with E-state index in [1.807, 2.05) is 6.07 Å². The molecule has 0 aromatic heterocycles. The molecule has 114 valence electrons. The van der Waals surface area contributed by atoms with Crippen LogP contribution in [0.15, 0.2) is 18.2 Å². The van der Waals surface area contributed by atoms with E-state index < -0.39 is 0 Å². The van der Waals surface area contributed by atoms with Crippen LogP contribution in [-0.2, 0) is 4.79 Å². The molecule has 0 atom stereocenters. The fourth-order valence-electron chi connectivity index (χ4n) is 2.19. The predicted octanol–water partition coefficient (Wildman–Crippen LogP) is 3.65. The van der Waals surface area contributed by atoms with E-state index in [9.17, 15) is 14.4 Å². The predicted molar refractivity (Wildman–Crippen MR) is 84.1 cm³/mol. The molecule has 0 radical (unpaired) electrons. The van der Waals surface area contributed by atoms with Crippen LogP contribution >= 0.6 is 0 Å². The van der Waals surface area contributed by atoms with E-state index in [4.69, 9.17) is 0 Å². The third kappa shape index (κ3) is 6.84. The molecule has 4 heteroatoms. The molecule has 0 aliphatic rings. The van der Waals surface area contributed by atoms with E-state index in [1.165, 1.54) is 12.8 Å². The quantitative estimate of drug-likeness (QED) is 0.471. The van der Waals surface area contributed by atoms with Crippen LogP contribution in [0.25, 0.3) is 0 Å². The summed E-state index contributed by atoms with van der Waals surface area (Å²) in [6.45, 7) is 0.854. The van der Waals surface area contributed by atoms with E-state index in [0.29, 0.717) is 30.1 Å². The average Bonchev–Trinajstić information content (AvgIpc) is 2.53. The minimum Gasteiger partial charge on any atom is -0.385 e. The first-order valence-electron chi connectivity index (χ1n) is 7.53. The van der Waals surface area contributed by atoms with Gasteiger partial charge in [0.05, 0.1) is 0 Å². The molecule has 4 nitrogen and oxygen atoms in total. The molecule has 0 unspecified atom stereocenters. The van der Waals surface area contributed by atoms with Crippen molar-refractivity contribution < 1.29 is 14.4 Å². The van der Waals surface area contributed by atoms with E-state index in [2.05, 4.69) is 5.32 Å². The second-order valence-corrected chi connectivity index (χ2v) is 5.08. The van der Waals surface area contributed by atoms with Crippen molar-refractivity contribution in [1.29, 1.82) is 0 Å². The molecule has 0 fully saturated rings. The molecule has 0 aliphatic carbocycles. The average molecular weight is 289 g/mol. The van der Waals surface area contributed by atoms with Gasteiger partial charge in [0.25, 0.3) is 0 Å².